The second-order valence-electron chi connectivity index (χ2n) is 6.42. The highest BCUT2D eigenvalue weighted by Gasteiger charge is 2.31. The van der Waals surface area contributed by atoms with Crippen LogP contribution in [0.3, 0.4) is 0 Å². The van der Waals surface area contributed by atoms with E-state index in [2.05, 4.69) is 10.3 Å². The van der Waals surface area contributed by atoms with E-state index in [1.165, 1.54) is 12.8 Å². The second kappa shape index (κ2) is 6.98. The van der Waals surface area contributed by atoms with Crippen LogP contribution in [0.5, 0.6) is 5.88 Å². The number of hydrogen-bond acceptors (Lipinski definition) is 4. The van der Waals surface area contributed by atoms with Crippen LogP contribution >= 0.6 is 0 Å². The molecule has 0 aromatic carbocycles. The zero-order valence-corrected chi connectivity index (χ0v) is 13.5. The Morgan fingerprint density at radius 1 is 1.43 bits per heavy atom. The van der Waals surface area contributed by atoms with Gasteiger partial charge in [-0.2, -0.15) is 0 Å². The minimum atomic E-state index is -0.247. The maximum atomic E-state index is 12.1. The molecule has 0 radical (unpaired) electrons. The first kappa shape index (κ1) is 15.8. The normalized spacial score (nSPS) is 21.7. The van der Waals surface area contributed by atoms with Crippen LogP contribution in [0.25, 0.3) is 0 Å². The van der Waals surface area contributed by atoms with E-state index in [9.17, 15) is 9.59 Å². The number of hydrogen-bond donors (Lipinski definition) is 1. The Balaban J connectivity index is 1.51. The topological polar surface area (TPSA) is 71.5 Å². The number of likely N-dealkylation sites (tertiary alicyclic amines) is 1. The van der Waals surface area contributed by atoms with Crippen LogP contribution in [0.1, 0.15) is 37.7 Å². The average Bonchev–Trinajstić information content (AvgIpc) is 3.16. The summed E-state index contributed by atoms with van der Waals surface area (Å²) in [5, 5.41) is 2.90. The van der Waals surface area contributed by atoms with E-state index in [0.29, 0.717) is 25.4 Å². The van der Waals surface area contributed by atoms with Crippen molar-refractivity contribution in [3.8, 4) is 5.88 Å². The summed E-state index contributed by atoms with van der Waals surface area (Å²) >= 11 is 0. The number of ether oxygens (including phenoxy) is 1. The van der Waals surface area contributed by atoms with E-state index in [0.717, 1.165) is 18.4 Å². The Kier molecular flexibility index (Phi) is 4.79. The third kappa shape index (κ3) is 4.00. The van der Waals surface area contributed by atoms with Crippen molar-refractivity contribution < 1.29 is 14.3 Å². The molecule has 1 atom stereocenters. The Hall–Kier alpha value is -2.11. The van der Waals surface area contributed by atoms with Gasteiger partial charge in [0.15, 0.2) is 0 Å². The summed E-state index contributed by atoms with van der Waals surface area (Å²) in [7, 11) is 1.73. The number of pyridine rings is 1. The molecule has 124 valence electrons. The maximum absolute atomic E-state index is 12.1. The van der Waals surface area contributed by atoms with E-state index >= 15 is 0 Å². The quantitative estimate of drug-likeness (QED) is 0.893. The first-order valence-electron chi connectivity index (χ1n) is 8.25. The molecule has 0 bridgehead atoms. The lowest BCUT2D eigenvalue weighted by Crippen LogP contribution is -2.31. The third-order valence-electron chi connectivity index (χ3n) is 4.57. The van der Waals surface area contributed by atoms with Crippen molar-refractivity contribution in [1.82, 2.24) is 15.2 Å². The van der Waals surface area contributed by atoms with Crippen molar-refractivity contribution in [3.63, 3.8) is 0 Å². The molecule has 6 nitrogen and oxygen atoms in total. The van der Waals surface area contributed by atoms with Crippen molar-refractivity contribution in [3.05, 3.63) is 23.9 Å². The van der Waals surface area contributed by atoms with Gasteiger partial charge >= 0.3 is 0 Å². The molecule has 2 aliphatic rings. The third-order valence-corrected chi connectivity index (χ3v) is 4.57. The highest BCUT2D eigenvalue weighted by atomic mass is 16.5. The number of aromatic nitrogens is 1. The fourth-order valence-electron chi connectivity index (χ4n) is 3.17. The summed E-state index contributed by atoms with van der Waals surface area (Å²) in [4.78, 5) is 29.5. The van der Waals surface area contributed by atoms with Crippen molar-refractivity contribution in [1.29, 1.82) is 0 Å². The van der Waals surface area contributed by atoms with Crippen LogP contribution in [-0.4, -0.2) is 41.4 Å². The summed E-state index contributed by atoms with van der Waals surface area (Å²) in [5.41, 5.74) is 0.957. The smallest absolute Gasteiger partial charge is 0.225 e. The zero-order chi connectivity index (χ0) is 16.2. The van der Waals surface area contributed by atoms with Gasteiger partial charge in [-0.25, -0.2) is 4.98 Å². The van der Waals surface area contributed by atoms with Crippen LogP contribution in [0, 0.1) is 5.92 Å². The zero-order valence-electron chi connectivity index (χ0n) is 13.5. The minimum Gasteiger partial charge on any atom is -0.474 e. The standard InChI is InChI=1S/C17H23N3O3/c1-20-11-13(9-16(20)21)17(22)19-10-12-6-7-18-15(8-12)23-14-4-2-3-5-14/h6-8,13-14H,2-5,9-11H2,1H3,(H,19,22)/t13-/m1/s1. The number of nitrogens with zero attached hydrogens (tertiary/aromatic N) is 2. The highest BCUT2D eigenvalue weighted by Crippen LogP contribution is 2.23. The van der Waals surface area contributed by atoms with Crippen molar-refractivity contribution in [2.75, 3.05) is 13.6 Å². The van der Waals surface area contributed by atoms with Crippen LogP contribution in [0.2, 0.25) is 0 Å². The molecule has 1 aliphatic heterocycles. The summed E-state index contributed by atoms with van der Waals surface area (Å²) in [6.07, 6.45) is 6.89. The van der Waals surface area contributed by atoms with Gasteiger partial charge < -0.3 is 15.0 Å². The Morgan fingerprint density at radius 3 is 2.91 bits per heavy atom. The molecule has 0 unspecified atom stereocenters. The lowest BCUT2D eigenvalue weighted by molar-refractivity contribution is -0.128. The van der Waals surface area contributed by atoms with Gasteiger partial charge in [0.2, 0.25) is 17.7 Å². The molecule has 3 rings (SSSR count). The molecule has 2 heterocycles. The number of rotatable bonds is 5. The molecular weight excluding hydrogens is 294 g/mol. The second-order valence-corrected chi connectivity index (χ2v) is 6.42. The van der Waals surface area contributed by atoms with Crippen molar-refractivity contribution in [2.24, 2.45) is 5.92 Å². The van der Waals surface area contributed by atoms with Gasteiger partial charge in [-0.1, -0.05) is 0 Å². The minimum absolute atomic E-state index is 0.0290. The molecule has 1 saturated heterocycles. The fourth-order valence-corrected chi connectivity index (χ4v) is 3.17. The van der Waals surface area contributed by atoms with Crippen molar-refractivity contribution >= 4 is 11.8 Å². The average molecular weight is 317 g/mol. The van der Waals surface area contributed by atoms with Crippen LogP contribution in [-0.2, 0) is 16.1 Å². The van der Waals surface area contributed by atoms with E-state index in [4.69, 9.17) is 4.74 Å². The monoisotopic (exact) mass is 317 g/mol. The van der Waals surface area contributed by atoms with E-state index in [1.807, 2.05) is 12.1 Å². The summed E-state index contributed by atoms with van der Waals surface area (Å²) in [6.45, 7) is 0.924. The molecule has 0 spiro atoms. The lowest BCUT2D eigenvalue weighted by Gasteiger charge is -2.14. The molecule has 2 amide bonds. The number of carbonyl (C=O) groups is 2. The van der Waals surface area contributed by atoms with E-state index in [-0.39, 0.29) is 23.8 Å². The highest BCUT2D eigenvalue weighted by molar-refractivity contribution is 5.89. The molecule has 23 heavy (non-hydrogen) atoms. The SMILES string of the molecule is CN1C[C@H](C(=O)NCc2ccnc(OC3CCCC3)c2)CC1=O. The molecule has 1 aliphatic carbocycles. The molecular formula is C17H23N3O3. The van der Waals surface area contributed by atoms with Gasteiger partial charge in [0, 0.05) is 38.8 Å². The number of carbonyl (C=O) groups excluding carboxylic acids is 2. The number of nitrogens with one attached hydrogen (secondary N) is 1. The van der Waals surface area contributed by atoms with Gasteiger partial charge in [-0.05, 0) is 37.3 Å². The molecule has 1 saturated carbocycles. The van der Waals surface area contributed by atoms with E-state index in [1.54, 1.807) is 18.1 Å². The first-order chi connectivity index (χ1) is 11.1. The predicted octanol–water partition coefficient (Wildman–Crippen LogP) is 1.50. The van der Waals surface area contributed by atoms with Gasteiger partial charge in [-0.15, -0.1) is 0 Å². The predicted molar refractivity (Wildman–Crippen MR) is 84.7 cm³/mol. The summed E-state index contributed by atoms with van der Waals surface area (Å²) in [6, 6.07) is 3.75. The van der Waals surface area contributed by atoms with Gasteiger partial charge in [-0.3, -0.25) is 9.59 Å². The Morgan fingerprint density at radius 2 is 2.22 bits per heavy atom. The first-order valence-corrected chi connectivity index (χ1v) is 8.25. The molecule has 6 heteroatoms. The van der Waals surface area contributed by atoms with Gasteiger partial charge in [0.1, 0.15) is 6.10 Å². The number of amides is 2. The van der Waals surface area contributed by atoms with E-state index < -0.39 is 0 Å². The van der Waals surface area contributed by atoms with Crippen LogP contribution in [0.15, 0.2) is 18.3 Å². The lowest BCUT2D eigenvalue weighted by atomic mass is 10.1. The summed E-state index contributed by atoms with van der Waals surface area (Å²) < 4.78 is 5.88. The van der Waals surface area contributed by atoms with Gasteiger partial charge in [0.25, 0.3) is 0 Å². The Bertz CT molecular complexity index is 584. The fraction of sp³-hybridized carbons (Fsp3) is 0.588. The molecule has 1 N–H and O–H groups in total. The van der Waals surface area contributed by atoms with Crippen molar-refractivity contribution in [2.45, 2.75) is 44.8 Å². The molecule has 1 aromatic heterocycles. The maximum Gasteiger partial charge on any atom is 0.225 e. The largest absolute Gasteiger partial charge is 0.474 e. The molecule has 1 aromatic rings. The molecule has 2 fully saturated rings. The van der Waals surface area contributed by atoms with Crippen LogP contribution < -0.4 is 10.1 Å². The Labute approximate surface area is 136 Å². The van der Waals surface area contributed by atoms with Crippen LogP contribution in [0.4, 0.5) is 0 Å². The summed E-state index contributed by atoms with van der Waals surface area (Å²) in [5.74, 6) is 0.335. The van der Waals surface area contributed by atoms with Gasteiger partial charge in [0.05, 0.1) is 5.92 Å².